The van der Waals surface area contributed by atoms with Gasteiger partial charge in [-0.2, -0.15) is 11.8 Å². The fourth-order valence-corrected chi connectivity index (χ4v) is 1.25. The molecule has 0 saturated heterocycles. The Morgan fingerprint density at radius 1 is 1.60 bits per heavy atom. The fraction of sp³-hybridized carbons (Fsp3) is 0.667. The van der Waals surface area contributed by atoms with Crippen molar-refractivity contribution in [2.45, 2.75) is 26.7 Å². The van der Waals surface area contributed by atoms with E-state index >= 15 is 0 Å². The smallest absolute Gasteiger partial charge is 0.00645 e. The van der Waals surface area contributed by atoms with E-state index in [1.165, 1.54) is 24.2 Å². The minimum absolute atomic E-state index is 1.01. The van der Waals surface area contributed by atoms with E-state index in [-0.39, 0.29) is 0 Å². The number of hydrogen-bond acceptors (Lipinski definition) is 1. The SMILES string of the molecule is [CH2]CSCCCC(C)=CC. The van der Waals surface area contributed by atoms with Crippen molar-refractivity contribution in [2.24, 2.45) is 0 Å². The molecule has 0 heterocycles. The predicted octanol–water partition coefficient (Wildman–Crippen LogP) is 3.30. The molecular weight excluding hydrogens is 140 g/mol. The van der Waals surface area contributed by atoms with Gasteiger partial charge in [0, 0.05) is 0 Å². The normalized spacial score (nSPS) is 12.1. The van der Waals surface area contributed by atoms with E-state index in [0.717, 1.165) is 5.75 Å². The third kappa shape index (κ3) is 6.21. The second-order valence-corrected chi connectivity index (χ2v) is 3.58. The van der Waals surface area contributed by atoms with E-state index in [1.54, 1.807) is 0 Å². The lowest BCUT2D eigenvalue weighted by Crippen LogP contribution is -1.82. The highest BCUT2D eigenvalue weighted by Gasteiger charge is 1.88. The van der Waals surface area contributed by atoms with Crippen molar-refractivity contribution >= 4 is 11.8 Å². The first-order chi connectivity index (χ1) is 4.81. The number of thioether (sulfide) groups is 1. The standard InChI is InChI=1S/C9H17S/c1-4-9(3)7-6-8-10-5-2/h4H,2,5-8H2,1,3H3. The van der Waals surface area contributed by atoms with E-state index < -0.39 is 0 Å². The first kappa shape index (κ1) is 10.1. The number of hydrogen-bond donors (Lipinski definition) is 0. The Bertz CT molecular complexity index is 94.9. The first-order valence-corrected chi connectivity index (χ1v) is 4.95. The molecule has 0 spiro atoms. The van der Waals surface area contributed by atoms with Crippen LogP contribution in [0.3, 0.4) is 0 Å². The van der Waals surface area contributed by atoms with Gasteiger partial charge in [0.25, 0.3) is 0 Å². The van der Waals surface area contributed by atoms with Gasteiger partial charge in [0.1, 0.15) is 0 Å². The van der Waals surface area contributed by atoms with Gasteiger partial charge in [-0.25, -0.2) is 0 Å². The highest BCUT2D eigenvalue weighted by molar-refractivity contribution is 7.99. The zero-order valence-corrected chi connectivity index (χ0v) is 7.84. The molecule has 0 fully saturated rings. The van der Waals surface area contributed by atoms with Crippen LogP contribution in [0.2, 0.25) is 0 Å². The molecule has 0 bridgehead atoms. The summed E-state index contributed by atoms with van der Waals surface area (Å²) in [7, 11) is 0. The molecule has 0 amide bonds. The molecule has 0 aliphatic rings. The van der Waals surface area contributed by atoms with E-state index in [0.29, 0.717) is 0 Å². The summed E-state index contributed by atoms with van der Waals surface area (Å²) in [5.74, 6) is 2.27. The third-order valence-electron chi connectivity index (χ3n) is 1.50. The Balaban J connectivity index is 3.04. The van der Waals surface area contributed by atoms with Crippen LogP contribution >= 0.6 is 11.8 Å². The Morgan fingerprint density at radius 2 is 2.30 bits per heavy atom. The van der Waals surface area contributed by atoms with Crippen molar-refractivity contribution in [1.29, 1.82) is 0 Å². The van der Waals surface area contributed by atoms with Gasteiger partial charge < -0.3 is 0 Å². The monoisotopic (exact) mass is 157 g/mol. The summed E-state index contributed by atoms with van der Waals surface area (Å²) in [6.45, 7) is 8.06. The summed E-state index contributed by atoms with van der Waals surface area (Å²) in [5, 5.41) is 0. The zero-order chi connectivity index (χ0) is 7.82. The summed E-state index contributed by atoms with van der Waals surface area (Å²) in [5.41, 5.74) is 1.50. The van der Waals surface area contributed by atoms with Crippen molar-refractivity contribution < 1.29 is 0 Å². The maximum atomic E-state index is 3.77. The topological polar surface area (TPSA) is 0 Å². The Hall–Kier alpha value is 0.0900. The number of allylic oxidation sites excluding steroid dienone is 2. The fourth-order valence-electron chi connectivity index (χ4n) is 0.699. The molecular formula is C9H17S. The van der Waals surface area contributed by atoms with Gasteiger partial charge in [0.15, 0.2) is 0 Å². The summed E-state index contributed by atoms with van der Waals surface area (Å²) < 4.78 is 0. The van der Waals surface area contributed by atoms with Gasteiger partial charge in [-0.1, -0.05) is 11.6 Å². The van der Waals surface area contributed by atoms with Gasteiger partial charge in [0.05, 0.1) is 0 Å². The van der Waals surface area contributed by atoms with Crippen LogP contribution in [0.5, 0.6) is 0 Å². The Labute approximate surface area is 69.1 Å². The van der Waals surface area contributed by atoms with Crippen LogP contribution in [0.15, 0.2) is 11.6 Å². The van der Waals surface area contributed by atoms with Crippen LogP contribution in [-0.2, 0) is 0 Å². The molecule has 0 aromatic rings. The minimum Gasteiger partial charge on any atom is -0.162 e. The molecule has 0 saturated carbocycles. The molecule has 0 nitrogen and oxygen atoms in total. The largest absolute Gasteiger partial charge is 0.162 e. The van der Waals surface area contributed by atoms with Crippen molar-refractivity contribution in [3.8, 4) is 0 Å². The average Bonchev–Trinajstić information content (AvgIpc) is 1.98. The highest BCUT2D eigenvalue weighted by Crippen LogP contribution is 2.08. The molecule has 0 aliphatic heterocycles. The van der Waals surface area contributed by atoms with Crippen molar-refractivity contribution in [1.82, 2.24) is 0 Å². The molecule has 1 heteroatoms. The maximum Gasteiger partial charge on any atom is -0.00645 e. The molecule has 0 atom stereocenters. The van der Waals surface area contributed by atoms with Crippen LogP contribution in [0.25, 0.3) is 0 Å². The second kappa shape index (κ2) is 7.20. The minimum atomic E-state index is 1.01. The second-order valence-electron chi connectivity index (χ2n) is 2.35. The molecule has 0 unspecified atom stereocenters. The highest BCUT2D eigenvalue weighted by atomic mass is 32.2. The number of rotatable bonds is 5. The lowest BCUT2D eigenvalue weighted by molar-refractivity contribution is 0.914. The first-order valence-electron chi connectivity index (χ1n) is 3.80. The molecule has 0 rings (SSSR count). The quantitative estimate of drug-likeness (QED) is 0.436. The molecule has 1 radical (unpaired) electrons. The van der Waals surface area contributed by atoms with Crippen LogP contribution in [-0.4, -0.2) is 11.5 Å². The van der Waals surface area contributed by atoms with Gasteiger partial charge >= 0.3 is 0 Å². The van der Waals surface area contributed by atoms with Crippen molar-refractivity contribution in [3.63, 3.8) is 0 Å². The predicted molar refractivity (Wildman–Crippen MR) is 51.3 cm³/mol. The van der Waals surface area contributed by atoms with Crippen LogP contribution < -0.4 is 0 Å². The molecule has 0 aromatic carbocycles. The van der Waals surface area contributed by atoms with Crippen LogP contribution in [0, 0.1) is 6.92 Å². The summed E-state index contributed by atoms with van der Waals surface area (Å²) in [4.78, 5) is 0. The van der Waals surface area contributed by atoms with Gasteiger partial charge in [-0.15, -0.1) is 0 Å². The lowest BCUT2D eigenvalue weighted by atomic mass is 10.2. The zero-order valence-electron chi connectivity index (χ0n) is 7.02. The molecule has 0 N–H and O–H groups in total. The Morgan fingerprint density at radius 3 is 2.80 bits per heavy atom. The molecule has 59 valence electrons. The van der Waals surface area contributed by atoms with E-state index in [2.05, 4.69) is 26.8 Å². The molecule has 0 aromatic heterocycles. The van der Waals surface area contributed by atoms with Crippen molar-refractivity contribution in [2.75, 3.05) is 11.5 Å². The van der Waals surface area contributed by atoms with Gasteiger partial charge in [-0.3, -0.25) is 0 Å². The van der Waals surface area contributed by atoms with E-state index in [1.807, 2.05) is 11.8 Å². The van der Waals surface area contributed by atoms with Gasteiger partial charge in [-0.05, 0) is 45.1 Å². The van der Waals surface area contributed by atoms with E-state index in [9.17, 15) is 0 Å². The summed E-state index contributed by atoms with van der Waals surface area (Å²) in [6.07, 6.45) is 4.74. The Kier molecular flexibility index (Phi) is 7.26. The van der Waals surface area contributed by atoms with Crippen LogP contribution in [0.1, 0.15) is 26.7 Å². The average molecular weight is 157 g/mol. The van der Waals surface area contributed by atoms with Crippen molar-refractivity contribution in [3.05, 3.63) is 18.6 Å². The molecule has 0 aliphatic carbocycles. The molecule has 10 heavy (non-hydrogen) atoms. The lowest BCUT2D eigenvalue weighted by Gasteiger charge is -1.98. The van der Waals surface area contributed by atoms with E-state index in [4.69, 9.17) is 0 Å². The van der Waals surface area contributed by atoms with Crippen LogP contribution in [0.4, 0.5) is 0 Å². The summed E-state index contributed by atoms with van der Waals surface area (Å²) >= 11 is 1.92. The maximum absolute atomic E-state index is 3.77. The third-order valence-corrected chi connectivity index (χ3v) is 2.36. The van der Waals surface area contributed by atoms with Gasteiger partial charge in [0.2, 0.25) is 0 Å². The summed E-state index contributed by atoms with van der Waals surface area (Å²) in [6, 6.07) is 0.